The van der Waals surface area contributed by atoms with Crippen LogP contribution >= 0.6 is 11.3 Å². The monoisotopic (exact) mass is 368 g/mol. The van der Waals surface area contributed by atoms with E-state index >= 15 is 0 Å². The number of anilines is 1. The SMILES string of the molecule is CC1CCCN(Cc2csc(NC(=O)CCc3ccc(C#N)cc3)n2)C1. The average Bonchev–Trinajstić information content (AvgIpc) is 3.07. The topological polar surface area (TPSA) is 69.0 Å². The van der Waals surface area contributed by atoms with Crippen molar-refractivity contribution in [1.82, 2.24) is 9.88 Å². The second kappa shape index (κ2) is 8.93. The van der Waals surface area contributed by atoms with Crippen molar-refractivity contribution in [3.05, 3.63) is 46.5 Å². The zero-order valence-corrected chi connectivity index (χ0v) is 15.9. The number of hydrogen-bond donors (Lipinski definition) is 1. The molecule has 3 rings (SSSR count). The molecule has 1 aromatic carbocycles. The van der Waals surface area contributed by atoms with E-state index in [0.717, 1.165) is 36.8 Å². The molecule has 0 spiro atoms. The van der Waals surface area contributed by atoms with Crippen molar-refractivity contribution < 1.29 is 4.79 Å². The fraction of sp³-hybridized carbons (Fsp3) is 0.450. The van der Waals surface area contributed by atoms with E-state index in [1.807, 2.05) is 17.5 Å². The van der Waals surface area contributed by atoms with Crippen molar-refractivity contribution in [2.45, 2.75) is 39.2 Å². The number of thiazole rings is 1. The molecule has 1 aromatic heterocycles. The molecule has 5 nitrogen and oxygen atoms in total. The number of aromatic nitrogens is 1. The Kier molecular flexibility index (Phi) is 6.37. The lowest BCUT2D eigenvalue weighted by atomic mass is 10.0. The maximum atomic E-state index is 12.1. The number of benzene rings is 1. The van der Waals surface area contributed by atoms with Gasteiger partial charge in [-0.25, -0.2) is 4.98 Å². The molecule has 1 aliphatic heterocycles. The largest absolute Gasteiger partial charge is 0.302 e. The van der Waals surface area contributed by atoms with Crippen molar-refractivity contribution in [2.24, 2.45) is 5.92 Å². The van der Waals surface area contributed by atoms with E-state index in [-0.39, 0.29) is 5.91 Å². The Morgan fingerprint density at radius 2 is 2.23 bits per heavy atom. The lowest BCUT2D eigenvalue weighted by molar-refractivity contribution is -0.116. The molecule has 1 aliphatic rings. The van der Waals surface area contributed by atoms with Crippen molar-refractivity contribution in [1.29, 1.82) is 5.26 Å². The number of piperidine rings is 1. The third-order valence-electron chi connectivity index (χ3n) is 4.65. The Bertz CT molecular complexity index is 778. The van der Waals surface area contributed by atoms with Crippen LogP contribution in [-0.2, 0) is 17.8 Å². The van der Waals surface area contributed by atoms with E-state index in [4.69, 9.17) is 5.26 Å². The van der Waals surface area contributed by atoms with Crippen LogP contribution < -0.4 is 5.32 Å². The zero-order valence-electron chi connectivity index (χ0n) is 15.1. The van der Waals surface area contributed by atoms with Crippen LogP contribution in [0.2, 0.25) is 0 Å². The number of aryl methyl sites for hydroxylation is 1. The first-order valence-corrected chi connectivity index (χ1v) is 9.96. The van der Waals surface area contributed by atoms with Gasteiger partial charge >= 0.3 is 0 Å². The zero-order chi connectivity index (χ0) is 18.4. The normalized spacial score (nSPS) is 17.6. The molecule has 2 aromatic rings. The molecule has 0 saturated carbocycles. The van der Waals surface area contributed by atoms with Gasteiger partial charge in [-0.1, -0.05) is 19.1 Å². The van der Waals surface area contributed by atoms with Gasteiger partial charge in [-0.15, -0.1) is 11.3 Å². The maximum absolute atomic E-state index is 12.1. The lowest BCUT2D eigenvalue weighted by Crippen LogP contribution is -2.33. The highest BCUT2D eigenvalue weighted by Crippen LogP contribution is 2.21. The van der Waals surface area contributed by atoms with E-state index in [0.29, 0.717) is 23.5 Å². The number of likely N-dealkylation sites (tertiary alicyclic amines) is 1. The minimum Gasteiger partial charge on any atom is -0.302 e. The minimum absolute atomic E-state index is 0.0261. The summed E-state index contributed by atoms with van der Waals surface area (Å²) in [6.07, 6.45) is 3.63. The van der Waals surface area contributed by atoms with Gasteiger partial charge in [-0.05, 0) is 49.4 Å². The molecule has 0 bridgehead atoms. The number of nitrogens with zero attached hydrogens (tertiary/aromatic N) is 3. The highest BCUT2D eigenvalue weighted by molar-refractivity contribution is 7.13. The molecule has 1 fully saturated rings. The van der Waals surface area contributed by atoms with Crippen molar-refractivity contribution in [3.8, 4) is 6.07 Å². The summed E-state index contributed by atoms with van der Waals surface area (Å²) in [7, 11) is 0. The van der Waals surface area contributed by atoms with E-state index in [1.54, 1.807) is 12.1 Å². The van der Waals surface area contributed by atoms with Gasteiger partial charge in [0.15, 0.2) is 5.13 Å². The number of amides is 1. The van der Waals surface area contributed by atoms with Gasteiger partial charge in [0.2, 0.25) is 5.91 Å². The van der Waals surface area contributed by atoms with Gasteiger partial charge in [0.25, 0.3) is 0 Å². The molecule has 1 atom stereocenters. The number of carbonyl (C=O) groups excluding carboxylic acids is 1. The van der Waals surface area contributed by atoms with Gasteiger partial charge in [0.05, 0.1) is 17.3 Å². The van der Waals surface area contributed by atoms with Gasteiger partial charge in [-0.2, -0.15) is 5.26 Å². The number of carbonyl (C=O) groups is 1. The first-order chi connectivity index (χ1) is 12.6. The third-order valence-corrected chi connectivity index (χ3v) is 5.46. The quantitative estimate of drug-likeness (QED) is 0.841. The Morgan fingerprint density at radius 1 is 1.42 bits per heavy atom. The third kappa shape index (κ3) is 5.38. The van der Waals surface area contributed by atoms with Crippen LogP contribution in [0.3, 0.4) is 0 Å². The predicted molar refractivity (Wildman–Crippen MR) is 104 cm³/mol. The molecular formula is C20H24N4OS. The summed E-state index contributed by atoms with van der Waals surface area (Å²) in [6, 6.07) is 9.45. The van der Waals surface area contributed by atoms with E-state index < -0.39 is 0 Å². The smallest absolute Gasteiger partial charge is 0.226 e. The summed E-state index contributed by atoms with van der Waals surface area (Å²) in [4.78, 5) is 19.1. The van der Waals surface area contributed by atoms with Crippen molar-refractivity contribution in [2.75, 3.05) is 18.4 Å². The molecule has 1 amide bonds. The van der Waals surface area contributed by atoms with Crippen LogP contribution in [0.5, 0.6) is 0 Å². The Morgan fingerprint density at radius 3 is 2.96 bits per heavy atom. The Balaban J connectivity index is 1.45. The van der Waals surface area contributed by atoms with Crippen LogP contribution in [0.25, 0.3) is 0 Å². The van der Waals surface area contributed by atoms with Gasteiger partial charge in [-0.3, -0.25) is 9.69 Å². The second-order valence-corrected chi connectivity index (χ2v) is 7.84. The first kappa shape index (κ1) is 18.6. The van der Waals surface area contributed by atoms with E-state index in [1.165, 1.54) is 24.2 Å². The number of nitrogens with one attached hydrogen (secondary N) is 1. The van der Waals surface area contributed by atoms with Crippen molar-refractivity contribution >= 4 is 22.4 Å². The average molecular weight is 369 g/mol. The predicted octanol–water partition coefficient (Wildman–Crippen LogP) is 3.82. The fourth-order valence-corrected chi connectivity index (χ4v) is 4.00. The van der Waals surface area contributed by atoms with E-state index in [9.17, 15) is 4.79 Å². The van der Waals surface area contributed by atoms with Gasteiger partial charge in [0, 0.05) is 24.9 Å². The molecule has 1 N–H and O–H groups in total. The number of nitriles is 1. The summed E-state index contributed by atoms with van der Waals surface area (Å²) in [5, 5.41) is 14.4. The molecule has 0 radical (unpaired) electrons. The van der Waals surface area contributed by atoms with Crippen LogP contribution in [0, 0.1) is 17.2 Å². The molecular weight excluding hydrogens is 344 g/mol. The molecule has 6 heteroatoms. The summed E-state index contributed by atoms with van der Waals surface area (Å²) in [5.74, 6) is 0.727. The maximum Gasteiger partial charge on any atom is 0.226 e. The highest BCUT2D eigenvalue weighted by Gasteiger charge is 2.17. The second-order valence-electron chi connectivity index (χ2n) is 6.98. The van der Waals surface area contributed by atoms with Crippen LogP contribution in [0.4, 0.5) is 5.13 Å². The fourth-order valence-electron chi connectivity index (χ4n) is 3.28. The standard InChI is InChI=1S/C20H24N4OS/c1-15-3-2-10-24(12-15)13-18-14-26-20(22-18)23-19(25)9-8-16-4-6-17(11-21)7-5-16/h4-7,14-15H,2-3,8-10,12-13H2,1H3,(H,22,23,25). The minimum atomic E-state index is -0.0261. The number of rotatable bonds is 6. The molecule has 136 valence electrons. The van der Waals surface area contributed by atoms with E-state index in [2.05, 4.69) is 28.2 Å². The summed E-state index contributed by atoms with van der Waals surface area (Å²) < 4.78 is 0. The molecule has 0 aliphatic carbocycles. The summed E-state index contributed by atoms with van der Waals surface area (Å²) in [5.41, 5.74) is 2.72. The molecule has 2 heterocycles. The summed E-state index contributed by atoms with van der Waals surface area (Å²) >= 11 is 1.49. The Hall–Kier alpha value is -2.23. The summed E-state index contributed by atoms with van der Waals surface area (Å²) in [6.45, 7) is 5.42. The van der Waals surface area contributed by atoms with Gasteiger partial charge < -0.3 is 5.32 Å². The Labute approximate surface area is 158 Å². The van der Waals surface area contributed by atoms with Crippen molar-refractivity contribution in [3.63, 3.8) is 0 Å². The molecule has 26 heavy (non-hydrogen) atoms. The van der Waals surface area contributed by atoms with Crippen LogP contribution in [0.15, 0.2) is 29.6 Å². The van der Waals surface area contributed by atoms with Crippen LogP contribution in [-0.4, -0.2) is 28.9 Å². The van der Waals surface area contributed by atoms with Gasteiger partial charge in [0.1, 0.15) is 0 Å². The molecule has 1 saturated heterocycles. The lowest BCUT2D eigenvalue weighted by Gasteiger charge is -2.30. The number of hydrogen-bond acceptors (Lipinski definition) is 5. The van der Waals surface area contributed by atoms with Crippen LogP contribution in [0.1, 0.15) is 43.0 Å². The highest BCUT2D eigenvalue weighted by atomic mass is 32.1. The molecule has 1 unspecified atom stereocenters. The first-order valence-electron chi connectivity index (χ1n) is 9.08.